The first-order valence-corrected chi connectivity index (χ1v) is 11.1. The van der Waals surface area contributed by atoms with Gasteiger partial charge in [0.15, 0.2) is 0 Å². The van der Waals surface area contributed by atoms with Crippen molar-refractivity contribution in [2.24, 2.45) is 0 Å². The van der Waals surface area contributed by atoms with E-state index in [2.05, 4.69) is 10.3 Å². The predicted octanol–water partition coefficient (Wildman–Crippen LogP) is 6.24. The molecule has 8 heteroatoms. The van der Waals surface area contributed by atoms with Crippen LogP contribution in [0.5, 0.6) is 5.75 Å². The Morgan fingerprint density at radius 1 is 0.935 bits per heavy atom. The minimum Gasteiger partial charge on any atom is -0.508 e. The van der Waals surface area contributed by atoms with Gasteiger partial charge in [0.05, 0.1) is 21.1 Å². The van der Waals surface area contributed by atoms with Gasteiger partial charge in [-0.1, -0.05) is 42.5 Å². The van der Waals surface area contributed by atoms with Gasteiger partial charge in [-0.3, -0.25) is 4.57 Å². The lowest BCUT2D eigenvalue weighted by Gasteiger charge is -2.22. The summed E-state index contributed by atoms with van der Waals surface area (Å²) in [5, 5.41) is 14.5. The Labute approximate surface area is 189 Å². The van der Waals surface area contributed by atoms with E-state index < -0.39 is 0 Å². The van der Waals surface area contributed by atoms with Gasteiger partial charge in [0.25, 0.3) is 0 Å². The predicted molar refractivity (Wildman–Crippen MR) is 124 cm³/mol. The Bertz CT molecular complexity index is 1250. The number of anilines is 1. The van der Waals surface area contributed by atoms with E-state index in [9.17, 15) is 5.11 Å². The zero-order chi connectivity index (χ0) is 21.4. The van der Waals surface area contributed by atoms with Crippen LogP contribution < -0.4 is 5.32 Å². The van der Waals surface area contributed by atoms with Crippen LogP contribution in [0, 0.1) is 0 Å². The van der Waals surface area contributed by atoms with Crippen molar-refractivity contribution in [1.29, 1.82) is 0 Å². The zero-order valence-electron chi connectivity index (χ0n) is 16.7. The number of aromatic hydroxyl groups is 1. The van der Waals surface area contributed by atoms with Gasteiger partial charge >= 0.3 is 0 Å². The van der Waals surface area contributed by atoms with Crippen molar-refractivity contribution in [2.45, 2.75) is 38.1 Å². The fraction of sp³-hybridized carbons (Fsp3) is 0.261. The van der Waals surface area contributed by atoms with Gasteiger partial charge in [-0.15, -0.1) is 0 Å². The molecule has 0 amide bonds. The number of phenolic OH excluding ortho intramolecular Hbond substituents is 1. The minimum atomic E-state index is 0.156. The van der Waals surface area contributed by atoms with E-state index in [1.165, 1.54) is 19.3 Å². The van der Waals surface area contributed by atoms with Gasteiger partial charge in [0.2, 0.25) is 5.95 Å². The van der Waals surface area contributed by atoms with Crippen LogP contribution in [0.15, 0.2) is 48.7 Å². The average molecular weight is 454 g/mol. The Hall–Kier alpha value is -2.83. The lowest BCUT2D eigenvalue weighted by molar-refractivity contribution is 0.461. The molecule has 0 spiro atoms. The molecule has 4 aromatic rings. The topological polar surface area (TPSA) is 75.9 Å². The van der Waals surface area contributed by atoms with Crippen LogP contribution >= 0.6 is 23.2 Å². The summed E-state index contributed by atoms with van der Waals surface area (Å²) in [5.41, 5.74) is 2.27. The number of hydrogen-bond donors (Lipinski definition) is 2. The third kappa shape index (κ3) is 4.05. The summed E-state index contributed by atoms with van der Waals surface area (Å²) in [6.45, 7) is 0. The first kappa shape index (κ1) is 20.1. The number of fused-ring (bicyclic) bond motifs is 1. The summed E-state index contributed by atoms with van der Waals surface area (Å²) in [6, 6.07) is 12.7. The smallest absolute Gasteiger partial charge is 0.224 e. The third-order valence-electron chi connectivity index (χ3n) is 5.62. The summed E-state index contributed by atoms with van der Waals surface area (Å²) in [4.78, 5) is 14.0. The summed E-state index contributed by atoms with van der Waals surface area (Å²) in [5.74, 6) is 2.06. The normalized spacial score (nSPS) is 14.8. The van der Waals surface area contributed by atoms with E-state index in [1.807, 2.05) is 16.7 Å². The SMILES string of the molecule is Oc1ccc2nc(-c3ccc(Cl)c(Cl)c3)n(-c3ccnc(NC4CCCCC4)n3)c2c1. The quantitative estimate of drug-likeness (QED) is 0.382. The lowest BCUT2D eigenvalue weighted by atomic mass is 9.96. The molecule has 0 radical (unpaired) electrons. The Balaban J connectivity index is 1.63. The largest absolute Gasteiger partial charge is 0.508 e. The first-order valence-electron chi connectivity index (χ1n) is 10.4. The lowest BCUT2D eigenvalue weighted by Crippen LogP contribution is -2.23. The second-order valence-electron chi connectivity index (χ2n) is 7.79. The molecule has 0 bridgehead atoms. The molecule has 0 atom stereocenters. The number of aromatic nitrogens is 4. The summed E-state index contributed by atoms with van der Waals surface area (Å²) < 4.78 is 1.91. The molecule has 2 N–H and O–H groups in total. The van der Waals surface area contributed by atoms with Crippen molar-refractivity contribution >= 4 is 40.2 Å². The van der Waals surface area contributed by atoms with E-state index in [0.717, 1.165) is 29.4 Å². The number of nitrogens with zero attached hydrogens (tertiary/aromatic N) is 4. The molecule has 0 unspecified atom stereocenters. The fourth-order valence-corrected chi connectivity index (χ4v) is 4.40. The van der Waals surface area contributed by atoms with Gasteiger partial charge in [-0.25, -0.2) is 9.97 Å². The standard InChI is InChI=1S/C23H21Cl2N5O/c24-17-8-6-14(12-18(17)25)22-28-19-9-7-16(31)13-20(19)30(22)21-10-11-26-23(29-21)27-15-4-2-1-3-5-15/h6-13,15,31H,1-5H2,(H,26,27,29). The van der Waals surface area contributed by atoms with Gasteiger partial charge in [-0.2, -0.15) is 4.98 Å². The van der Waals surface area contributed by atoms with Gasteiger partial charge in [0.1, 0.15) is 17.4 Å². The van der Waals surface area contributed by atoms with Crippen LogP contribution in [0.1, 0.15) is 32.1 Å². The highest BCUT2D eigenvalue weighted by Gasteiger charge is 2.19. The number of rotatable bonds is 4. The van der Waals surface area contributed by atoms with Gasteiger partial charge in [0, 0.05) is 23.9 Å². The Morgan fingerprint density at radius 3 is 2.58 bits per heavy atom. The van der Waals surface area contributed by atoms with E-state index in [-0.39, 0.29) is 5.75 Å². The molecule has 1 aliphatic rings. The van der Waals surface area contributed by atoms with Crippen molar-refractivity contribution in [2.75, 3.05) is 5.32 Å². The molecule has 2 heterocycles. The van der Waals surface area contributed by atoms with Crippen LogP contribution in [-0.4, -0.2) is 30.7 Å². The van der Waals surface area contributed by atoms with Crippen molar-refractivity contribution in [3.8, 4) is 23.0 Å². The first-order chi connectivity index (χ1) is 15.1. The molecule has 1 saturated carbocycles. The maximum absolute atomic E-state index is 10.1. The molecule has 1 aliphatic carbocycles. The number of halogens is 2. The van der Waals surface area contributed by atoms with Crippen LogP contribution in [0.3, 0.4) is 0 Å². The molecular weight excluding hydrogens is 433 g/mol. The molecule has 5 rings (SSSR count). The summed E-state index contributed by atoms with van der Waals surface area (Å²) >= 11 is 12.4. The van der Waals surface area contributed by atoms with Gasteiger partial charge in [-0.05, 0) is 49.2 Å². The van der Waals surface area contributed by atoms with Gasteiger partial charge < -0.3 is 10.4 Å². The van der Waals surface area contributed by atoms with E-state index in [0.29, 0.717) is 33.7 Å². The van der Waals surface area contributed by atoms with Crippen LogP contribution in [0.2, 0.25) is 10.0 Å². The van der Waals surface area contributed by atoms with Crippen molar-refractivity contribution in [3.63, 3.8) is 0 Å². The monoisotopic (exact) mass is 453 g/mol. The third-order valence-corrected chi connectivity index (χ3v) is 6.36. The van der Waals surface area contributed by atoms with Crippen molar-refractivity contribution in [3.05, 3.63) is 58.7 Å². The molecule has 0 saturated heterocycles. The highest BCUT2D eigenvalue weighted by atomic mass is 35.5. The Morgan fingerprint density at radius 2 is 1.77 bits per heavy atom. The molecule has 31 heavy (non-hydrogen) atoms. The molecule has 2 aromatic carbocycles. The zero-order valence-corrected chi connectivity index (χ0v) is 18.2. The summed E-state index contributed by atoms with van der Waals surface area (Å²) in [7, 11) is 0. The number of nitrogens with one attached hydrogen (secondary N) is 1. The maximum atomic E-state index is 10.1. The Kier molecular flexibility index (Phi) is 5.42. The van der Waals surface area contributed by atoms with Crippen LogP contribution in [0.4, 0.5) is 5.95 Å². The number of imidazole rings is 1. The molecule has 2 aromatic heterocycles. The minimum absolute atomic E-state index is 0.156. The number of benzene rings is 2. The molecular formula is C23H21Cl2N5O. The van der Waals surface area contributed by atoms with E-state index in [4.69, 9.17) is 33.2 Å². The molecule has 158 valence electrons. The van der Waals surface area contributed by atoms with E-state index in [1.54, 1.807) is 36.5 Å². The van der Waals surface area contributed by atoms with Crippen LogP contribution in [-0.2, 0) is 0 Å². The molecule has 1 fully saturated rings. The highest BCUT2D eigenvalue weighted by Crippen LogP contribution is 2.33. The second-order valence-corrected chi connectivity index (χ2v) is 8.60. The summed E-state index contributed by atoms with van der Waals surface area (Å²) in [6.07, 6.45) is 7.74. The highest BCUT2D eigenvalue weighted by molar-refractivity contribution is 6.42. The second kappa shape index (κ2) is 8.36. The molecule has 6 nitrogen and oxygen atoms in total. The number of phenols is 1. The molecule has 0 aliphatic heterocycles. The average Bonchev–Trinajstić information content (AvgIpc) is 3.15. The number of hydrogen-bond acceptors (Lipinski definition) is 5. The maximum Gasteiger partial charge on any atom is 0.224 e. The van der Waals surface area contributed by atoms with Crippen molar-refractivity contribution < 1.29 is 5.11 Å². The van der Waals surface area contributed by atoms with E-state index >= 15 is 0 Å². The fourth-order valence-electron chi connectivity index (χ4n) is 4.10. The van der Waals surface area contributed by atoms with Crippen LogP contribution in [0.25, 0.3) is 28.2 Å². The van der Waals surface area contributed by atoms with Crippen molar-refractivity contribution in [1.82, 2.24) is 19.5 Å².